The molecule has 19 heavy (non-hydrogen) atoms. The topological polar surface area (TPSA) is 9.23 Å². The summed E-state index contributed by atoms with van der Waals surface area (Å²) in [4.78, 5) is 0. The number of ether oxygens (including phenoxy) is 1. The van der Waals surface area contributed by atoms with Gasteiger partial charge in [-0.1, -0.05) is 48.5 Å². The highest BCUT2D eigenvalue weighted by atomic mass is 32.1. The van der Waals surface area contributed by atoms with Crippen LogP contribution in [0, 0.1) is 5.41 Å². The lowest BCUT2D eigenvalue weighted by molar-refractivity contribution is 0.251. The largest absolute Gasteiger partial charge is 0.492 e. The summed E-state index contributed by atoms with van der Waals surface area (Å²) in [5, 5.41) is 0. The van der Waals surface area contributed by atoms with Gasteiger partial charge in [0.25, 0.3) is 0 Å². The van der Waals surface area contributed by atoms with Crippen molar-refractivity contribution >= 4 is 12.6 Å². The molecular weight excluding hydrogens is 252 g/mol. The molecule has 2 aromatic carbocycles. The second-order valence-corrected chi connectivity index (χ2v) is 5.63. The molecule has 0 spiro atoms. The van der Waals surface area contributed by atoms with E-state index in [4.69, 9.17) is 4.74 Å². The molecule has 0 aromatic heterocycles. The normalized spacial score (nSPS) is 16.1. The van der Waals surface area contributed by atoms with Crippen molar-refractivity contribution in [2.45, 2.75) is 12.8 Å². The Bertz CT molecular complexity index is 546. The number of thiol groups is 1. The quantitative estimate of drug-likeness (QED) is 0.790. The predicted octanol–water partition coefficient (Wildman–Crippen LogP) is 4.44. The first-order chi connectivity index (χ1) is 9.33. The van der Waals surface area contributed by atoms with Gasteiger partial charge in [-0.15, -0.1) is 0 Å². The number of hydrogen-bond acceptors (Lipinski definition) is 2. The molecule has 1 nitrogen and oxygen atoms in total. The minimum atomic E-state index is 0.326. The van der Waals surface area contributed by atoms with Gasteiger partial charge < -0.3 is 4.74 Å². The van der Waals surface area contributed by atoms with Crippen LogP contribution in [0.5, 0.6) is 5.75 Å². The Morgan fingerprint density at radius 2 is 1.63 bits per heavy atom. The van der Waals surface area contributed by atoms with Crippen molar-refractivity contribution in [1.82, 2.24) is 0 Å². The first kappa shape index (κ1) is 12.6. The molecule has 1 saturated carbocycles. The average molecular weight is 270 g/mol. The Morgan fingerprint density at radius 3 is 2.32 bits per heavy atom. The van der Waals surface area contributed by atoms with E-state index in [1.165, 1.54) is 18.4 Å². The van der Waals surface area contributed by atoms with Crippen LogP contribution in [-0.2, 0) is 0 Å². The zero-order chi connectivity index (χ0) is 13.1. The molecule has 0 bridgehead atoms. The predicted molar refractivity (Wildman–Crippen MR) is 82.9 cm³/mol. The minimum Gasteiger partial charge on any atom is -0.492 e. The monoisotopic (exact) mass is 270 g/mol. The lowest BCUT2D eigenvalue weighted by Crippen LogP contribution is -2.14. The van der Waals surface area contributed by atoms with Crippen LogP contribution < -0.4 is 4.74 Å². The van der Waals surface area contributed by atoms with Crippen molar-refractivity contribution < 1.29 is 4.74 Å². The molecule has 2 heteroatoms. The lowest BCUT2D eigenvalue weighted by atomic mass is 10.0. The van der Waals surface area contributed by atoms with Gasteiger partial charge in [0, 0.05) is 11.0 Å². The summed E-state index contributed by atoms with van der Waals surface area (Å²) in [5.41, 5.74) is 2.69. The smallest absolute Gasteiger partial charge is 0.127 e. The molecule has 0 unspecified atom stereocenters. The van der Waals surface area contributed by atoms with E-state index in [0.29, 0.717) is 5.41 Å². The van der Waals surface area contributed by atoms with Crippen molar-refractivity contribution in [2.75, 3.05) is 12.4 Å². The molecule has 0 saturated heterocycles. The first-order valence-electron chi connectivity index (χ1n) is 6.71. The van der Waals surface area contributed by atoms with Crippen molar-refractivity contribution in [1.29, 1.82) is 0 Å². The van der Waals surface area contributed by atoms with Crippen LogP contribution in [0.15, 0.2) is 54.6 Å². The van der Waals surface area contributed by atoms with E-state index in [0.717, 1.165) is 23.7 Å². The Labute approximate surface area is 120 Å². The van der Waals surface area contributed by atoms with Gasteiger partial charge >= 0.3 is 0 Å². The van der Waals surface area contributed by atoms with E-state index in [9.17, 15) is 0 Å². The number of benzene rings is 2. The summed E-state index contributed by atoms with van der Waals surface area (Å²) in [6.45, 7) is 0.778. The molecule has 2 aromatic rings. The molecule has 0 atom stereocenters. The number of para-hydroxylation sites is 1. The molecule has 1 aliphatic carbocycles. The van der Waals surface area contributed by atoms with Gasteiger partial charge in [0.1, 0.15) is 5.75 Å². The van der Waals surface area contributed by atoms with Gasteiger partial charge in [0.15, 0.2) is 0 Å². The Kier molecular flexibility index (Phi) is 3.52. The maximum Gasteiger partial charge on any atom is 0.127 e. The average Bonchev–Trinajstić information content (AvgIpc) is 3.27. The Balaban J connectivity index is 1.82. The summed E-state index contributed by atoms with van der Waals surface area (Å²) >= 11 is 4.43. The molecule has 0 N–H and O–H groups in total. The van der Waals surface area contributed by atoms with E-state index < -0.39 is 0 Å². The van der Waals surface area contributed by atoms with Crippen LogP contribution in [0.3, 0.4) is 0 Å². The molecule has 3 rings (SSSR count). The Morgan fingerprint density at radius 1 is 0.947 bits per heavy atom. The zero-order valence-electron chi connectivity index (χ0n) is 10.9. The van der Waals surface area contributed by atoms with E-state index in [1.807, 2.05) is 12.1 Å². The van der Waals surface area contributed by atoms with Gasteiger partial charge in [-0.3, -0.25) is 0 Å². The molecule has 0 radical (unpaired) electrons. The molecule has 98 valence electrons. The highest BCUT2D eigenvalue weighted by molar-refractivity contribution is 7.80. The van der Waals surface area contributed by atoms with Crippen LogP contribution in [0.1, 0.15) is 12.8 Å². The first-order valence-corrected chi connectivity index (χ1v) is 7.34. The second-order valence-electron chi connectivity index (χ2n) is 5.31. The van der Waals surface area contributed by atoms with Gasteiger partial charge in [0.05, 0.1) is 6.61 Å². The zero-order valence-corrected chi connectivity index (χ0v) is 11.8. The van der Waals surface area contributed by atoms with Crippen molar-refractivity contribution in [3.8, 4) is 16.9 Å². The van der Waals surface area contributed by atoms with E-state index in [1.54, 1.807) is 0 Å². The third-order valence-corrected chi connectivity index (χ3v) is 4.47. The van der Waals surface area contributed by atoms with Crippen LogP contribution in [0.2, 0.25) is 0 Å². The molecule has 1 fully saturated rings. The molecule has 1 aliphatic rings. The maximum absolute atomic E-state index is 6.06. The van der Waals surface area contributed by atoms with Crippen molar-refractivity contribution in [3.05, 3.63) is 54.6 Å². The van der Waals surface area contributed by atoms with Gasteiger partial charge in [-0.25, -0.2) is 0 Å². The Hall–Kier alpha value is -1.41. The fourth-order valence-electron chi connectivity index (χ4n) is 2.20. The maximum atomic E-state index is 6.06. The number of hydrogen-bond donors (Lipinski definition) is 1. The van der Waals surface area contributed by atoms with Crippen molar-refractivity contribution in [2.24, 2.45) is 5.41 Å². The minimum absolute atomic E-state index is 0.326. The molecule has 0 aliphatic heterocycles. The van der Waals surface area contributed by atoms with Crippen LogP contribution in [0.25, 0.3) is 11.1 Å². The van der Waals surface area contributed by atoms with Crippen LogP contribution in [-0.4, -0.2) is 12.4 Å². The van der Waals surface area contributed by atoms with Gasteiger partial charge in [0.2, 0.25) is 0 Å². The summed E-state index contributed by atoms with van der Waals surface area (Å²) in [6, 6.07) is 18.6. The van der Waals surface area contributed by atoms with E-state index >= 15 is 0 Å². The second kappa shape index (κ2) is 5.30. The molecule has 0 heterocycles. The standard InChI is InChI=1S/C17H18OS/c19-13-17(10-11-17)12-18-16-9-5-4-8-15(16)14-6-2-1-3-7-14/h1-9,19H,10-13H2. The summed E-state index contributed by atoms with van der Waals surface area (Å²) in [7, 11) is 0. The molecular formula is C17H18OS. The third-order valence-electron chi connectivity index (χ3n) is 3.80. The summed E-state index contributed by atoms with van der Waals surface area (Å²) in [6.07, 6.45) is 2.48. The fourth-order valence-corrected chi connectivity index (χ4v) is 2.61. The SMILES string of the molecule is SCC1(COc2ccccc2-c2ccccc2)CC1. The summed E-state index contributed by atoms with van der Waals surface area (Å²) < 4.78 is 6.06. The van der Waals surface area contributed by atoms with Crippen molar-refractivity contribution in [3.63, 3.8) is 0 Å². The van der Waals surface area contributed by atoms with Gasteiger partial charge in [-0.05, 0) is 30.2 Å². The third kappa shape index (κ3) is 2.79. The number of rotatable bonds is 5. The fraction of sp³-hybridized carbons (Fsp3) is 0.294. The lowest BCUT2D eigenvalue weighted by Gasteiger charge is -2.16. The van der Waals surface area contributed by atoms with Gasteiger partial charge in [-0.2, -0.15) is 12.6 Å². The highest BCUT2D eigenvalue weighted by Crippen LogP contribution is 2.47. The van der Waals surface area contributed by atoms with Crippen LogP contribution >= 0.6 is 12.6 Å². The molecule has 0 amide bonds. The summed E-state index contributed by atoms with van der Waals surface area (Å²) in [5.74, 6) is 1.89. The van der Waals surface area contributed by atoms with E-state index in [2.05, 4.69) is 55.1 Å². The highest BCUT2D eigenvalue weighted by Gasteiger charge is 2.42. The van der Waals surface area contributed by atoms with E-state index in [-0.39, 0.29) is 0 Å². The van der Waals surface area contributed by atoms with Crippen LogP contribution in [0.4, 0.5) is 0 Å².